The molecule has 1 aromatic heterocycles. The van der Waals surface area contributed by atoms with E-state index in [1.807, 2.05) is 13.8 Å². The molecule has 1 aliphatic rings. The van der Waals surface area contributed by atoms with Crippen LogP contribution in [0, 0.1) is 12.8 Å². The van der Waals surface area contributed by atoms with Crippen LogP contribution in [0.25, 0.3) is 0 Å². The highest BCUT2D eigenvalue weighted by atomic mass is 32.1. The van der Waals surface area contributed by atoms with E-state index in [0.29, 0.717) is 23.0 Å². The predicted octanol–water partition coefficient (Wildman–Crippen LogP) is 3.08. The topological polar surface area (TPSA) is 58.6 Å². The lowest BCUT2D eigenvalue weighted by Crippen LogP contribution is -2.39. The number of nitrogens with zero attached hydrogens (tertiary/aromatic N) is 1. The summed E-state index contributed by atoms with van der Waals surface area (Å²) in [6.45, 7) is 8.49. The maximum Gasteiger partial charge on any atom is 0.341 e. The molecule has 0 spiro atoms. The van der Waals surface area contributed by atoms with Crippen molar-refractivity contribution in [1.82, 2.24) is 4.90 Å². The molecule has 1 saturated heterocycles. The van der Waals surface area contributed by atoms with Gasteiger partial charge in [-0.1, -0.05) is 13.8 Å². The van der Waals surface area contributed by atoms with Crippen LogP contribution in [-0.4, -0.2) is 43.5 Å². The van der Waals surface area contributed by atoms with Gasteiger partial charge >= 0.3 is 5.97 Å². The molecule has 1 amide bonds. The van der Waals surface area contributed by atoms with Gasteiger partial charge in [-0.05, 0) is 44.2 Å². The number of anilines is 1. The van der Waals surface area contributed by atoms with Crippen molar-refractivity contribution < 1.29 is 14.3 Å². The van der Waals surface area contributed by atoms with Crippen LogP contribution >= 0.6 is 11.3 Å². The lowest BCUT2D eigenvalue weighted by atomic mass is 10.0. The highest BCUT2D eigenvalue weighted by molar-refractivity contribution is 7.16. The Morgan fingerprint density at radius 2 is 2.17 bits per heavy atom. The van der Waals surface area contributed by atoms with E-state index in [9.17, 15) is 9.59 Å². The minimum atomic E-state index is -0.381. The number of likely N-dealkylation sites (tertiary alicyclic amines) is 1. The fourth-order valence-electron chi connectivity index (χ4n) is 3.21. The van der Waals surface area contributed by atoms with E-state index in [1.54, 1.807) is 0 Å². The summed E-state index contributed by atoms with van der Waals surface area (Å²) >= 11 is 1.45. The Labute approximate surface area is 142 Å². The van der Waals surface area contributed by atoms with E-state index in [1.165, 1.54) is 24.9 Å². The third-order valence-corrected chi connectivity index (χ3v) is 5.38. The third-order valence-electron chi connectivity index (χ3n) is 4.31. The molecule has 1 atom stereocenters. The van der Waals surface area contributed by atoms with Gasteiger partial charge in [0.15, 0.2) is 0 Å². The molecular weight excluding hydrogens is 312 g/mol. The summed E-state index contributed by atoms with van der Waals surface area (Å²) in [5.74, 6) is 0.194. The van der Waals surface area contributed by atoms with Gasteiger partial charge < -0.3 is 10.1 Å². The van der Waals surface area contributed by atoms with Gasteiger partial charge in [-0.15, -0.1) is 11.3 Å². The minimum Gasteiger partial charge on any atom is -0.465 e. The Balaban J connectivity index is 2.09. The van der Waals surface area contributed by atoms with Crippen LogP contribution in [-0.2, 0) is 16.0 Å². The smallest absolute Gasteiger partial charge is 0.341 e. The number of esters is 1. The number of thiophene rings is 1. The van der Waals surface area contributed by atoms with Crippen molar-refractivity contribution in [1.29, 1.82) is 0 Å². The van der Waals surface area contributed by atoms with Crippen LogP contribution < -0.4 is 5.32 Å². The molecule has 1 aromatic rings. The molecule has 0 aliphatic carbocycles. The average Bonchev–Trinajstić information content (AvgIpc) is 2.81. The van der Waals surface area contributed by atoms with Crippen molar-refractivity contribution in [2.45, 2.75) is 40.0 Å². The van der Waals surface area contributed by atoms with Crippen molar-refractivity contribution in [2.24, 2.45) is 5.92 Å². The summed E-state index contributed by atoms with van der Waals surface area (Å²) in [5.41, 5.74) is 1.47. The van der Waals surface area contributed by atoms with Crippen LogP contribution in [0.5, 0.6) is 0 Å². The van der Waals surface area contributed by atoms with Gasteiger partial charge in [0.05, 0.1) is 19.2 Å². The van der Waals surface area contributed by atoms with Crippen molar-refractivity contribution in [2.75, 3.05) is 32.1 Å². The second-order valence-electron chi connectivity index (χ2n) is 6.22. The van der Waals surface area contributed by atoms with Crippen molar-refractivity contribution >= 4 is 28.2 Å². The predicted molar refractivity (Wildman–Crippen MR) is 93.2 cm³/mol. The summed E-state index contributed by atoms with van der Waals surface area (Å²) in [6, 6.07) is 0. The Morgan fingerprint density at radius 1 is 1.43 bits per heavy atom. The summed E-state index contributed by atoms with van der Waals surface area (Å²) in [6.07, 6.45) is 3.11. The highest BCUT2D eigenvalue weighted by Crippen LogP contribution is 2.34. The SMILES string of the molecule is CCc1c(C)sc(NC(=O)CN2CCCC(C)C2)c1C(=O)OC. The molecule has 128 valence electrons. The van der Waals surface area contributed by atoms with Crippen LogP contribution in [0.4, 0.5) is 5.00 Å². The zero-order valence-corrected chi connectivity index (χ0v) is 15.2. The molecule has 1 aliphatic heterocycles. The first-order valence-corrected chi connectivity index (χ1v) is 9.00. The van der Waals surface area contributed by atoms with Gasteiger partial charge in [-0.3, -0.25) is 9.69 Å². The lowest BCUT2D eigenvalue weighted by Gasteiger charge is -2.30. The molecule has 5 nitrogen and oxygen atoms in total. The minimum absolute atomic E-state index is 0.0619. The van der Waals surface area contributed by atoms with Crippen LogP contribution in [0.15, 0.2) is 0 Å². The Hall–Kier alpha value is -1.40. The number of piperidine rings is 1. The molecule has 1 fully saturated rings. The number of nitrogens with one attached hydrogen (secondary N) is 1. The Morgan fingerprint density at radius 3 is 2.78 bits per heavy atom. The van der Waals surface area contributed by atoms with E-state index in [-0.39, 0.29) is 11.9 Å². The zero-order chi connectivity index (χ0) is 17.0. The lowest BCUT2D eigenvalue weighted by molar-refractivity contribution is -0.117. The second kappa shape index (κ2) is 7.93. The number of hydrogen-bond acceptors (Lipinski definition) is 5. The Bertz CT molecular complexity index is 583. The monoisotopic (exact) mass is 338 g/mol. The zero-order valence-electron chi connectivity index (χ0n) is 14.4. The van der Waals surface area contributed by atoms with Gasteiger partial charge in [0.2, 0.25) is 5.91 Å². The molecule has 1 N–H and O–H groups in total. The first-order valence-electron chi connectivity index (χ1n) is 8.19. The maximum absolute atomic E-state index is 12.4. The van der Waals surface area contributed by atoms with Crippen molar-refractivity contribution in [3.05, 3.63) is 16.0 Å². The van der Waals surface area contributed by atoms with Crippen molar-refractivity contribution in [3.8, 4) is 0 Å². The van der Waals surface area contributed by atoms with E-state index in [0.717, 1.165) is 36.4 Å². The first-order chi connectivity index (χ1) is 11.0. The van der Waals surface area contributed by atoms with Gasteiger partial charge in [0, 0.05) is 11.4 Å². The molecule has 2 rings (SSSR count). The van der Waals surface area contributed by atoms with E-state index in [2.05, 4.69) is 17.1 Å². The number of carbonyl (C=O) groups is 2. The largest absolute Gasteiger partial charge is 0.465 e. The maximum atomic E-state index is 12.4. The fourth-order valence-corrected chi connectivity index (χ4v) is 4.36. The summed E-state index contributed by atoms with van der Waals surface area (Å²) in [5, 5.41) is 3.53. The third kappa shape index (κ3) is 4.32. The number of rotatable bonds is 5. The number of hydrogen-bond donors (Lipinski definition) is 1. The van der Waals surface area contributed by atoms with E-state index < -0.39 is 0 Å². The number of aryl methyl sites for hydroxylation is 1. The Kier molecular flexibility index (Phi) is 6.18. The fraction of sp³-hybridized carbons (Fsp3) is 0.647. The average molecular weight is 338 g/mol. The van der Waals surface area contributed by atoms with Gasteiger partial charge in [0.25, 0.3) is 0 Å². The summed E-state index contributed by atoms with van der Waals surface area (Å²) in [4.78, 5) is 27.7. The van der Waals surface area contributed by atoms with Crippen LogP contribution in [0.2, 0.25) is 0 Å². The van der Waals surface area contributed by atoms with E-state index in [4.69, 9.17) is 4.74 Å². The standard InChI is InChI=1S/C17H26N2O3S/c1-5-13-12(3)23-16(15(13)17(21)22-4)18-14(20)10-19-8-6-7-11(2)9-19/h11H,5-10H2,1-4H3,(H,18,20). The molecule has 2 heterocycles. The van der Waals surface area contributed by atoms with Crippen molar-refractivity contribution in [3.63, 3.8) is 0 Å². The molecule has 23 heavy (non-hydrogen) atoms. The molecule has 1 unspecified atom stereocenters. The number of carbonyl (C=O) groups excluding carboxylic acids is 2. The van der Waals surface area contributed by atoms with Crippen LogP contribution in [0.1, 0.15) is 47.5 Å². The molecular formula is C17H26N2O3S. The molecule has 6 heteroatoms. The second-order valence-corrected chi connectivity index (χ2v) is 7.44. The molecule has 0 saturated carbocycles. The van der Waals surface area contributed by atoms with Crippen LogP contribution in [0.3, 0.4) is 0 Å². The quantitative estimate of drug-likeness (QED) is 0.838. The van der Waals surface area contributed by atoms with Gasteiger partial charge in [-0.2, -0.15) is 0 Å². The first kappa shape index (κ1) is 17.9. The van der Waals surface area contributed by atoms with Gasteiger partial charge in [-0.25, -0.2) is 4.79 Å². The number of ether oxygens (including phenoxy) is 1. The molecule has 0 bridgehead atoms. The summed E-state index contributed by atoms with van der Waals surface area (Å²) < 4.78 is 4.88. The molecule has 0 radical (unpaired) electrons. The summed E-state index contributed by atoms with van der Waals surface area (Å²) in [7, 11) is 1.37. The molecule has 0 aromatic carbocycles. The highest BCUT2D eigenvalue weighted by Gasteiger charge is 2.24. The van der Waals surface area contributed by atoms with Gasteiger partial charge in [0.1, 0.15) is 5.00 Å². The normalized spacial score (nSPS) is 18.7. The number of amides is 1. The van der Waals surface area contributed by atoms with E-state index >= 15 is 0 Å². The number of methoxy groups -OCH3 is 1.